The van der Waals surface area contributed by atoms with Crippen LogP contribution < -0.4 is 10.6 Å². The highest BCUT2D eigenvalue weighted by Gasteiger charge is 2.31. The molecule has 0 saturated carbocycles. The highest BCUT2D eigenvalue weighted by molar-refractivity contribution is 5.39. The summed E-state index contributed by atoms with van der Waals surface area (Å²) in [6, 6.07) is 14.4. The van der Waals surface area contributed by atoms with Crippen LogP contribution in [0.4, 0.5) is 0 Å². The molecule has 0 radical (unpaired) electrons. The third-order valence-corrected chi connectivity index (χ3v) is 8.10. The van der Waals surface area contributed by atoms with Crippen molar-refractivity contribution in [1.29, 1.82) is 0 Å². The van der Waals surface area contributed by atoms with E-state index >= 15 is 0 Å². The first kappa shape index (κ1) is 24.0. The van der Waals surface area contributed by atoms with Gasteiger partial charge in [0, 0.05) is 25.3 Å². The number of benzene rings is 2. The summed E-state index contributed by atoms with van der Waals surface area (Å²) in [7, 11) is 0. The average molecular weight is 463 g/mol. The van der Waals surface area contributed by atoms with Gasteiger partial charge in [0.25, 0.3) is 0 Å². The van der Waals surface area contributed by atoms with Crippen LogP contribution in [0.25, 0.3) is 0 Å². The summed E-state index contributed by atoms with van der Waals surface area (Å²) in [6.45, 7) is 8.52. The summed E-state index contributed by atoms with van der Waals surface area (Å²) >= 11 is 0. The number of rotatable bonds is 2. The molecule has 4 heterocycles. The van der Waals surface area contributed by atoms with Crippen LogP contribution in [0.3, 0.4) is 0 Å². The van der Waals surface area contributed by atoms with Crippen LogP contribution in [0, 0.1) is 13.8 Å². The second kappa shape index (κ2) is 11.3. The molecule has 4 nitrogen and oxygen atoms in total. The third-order valence-electron chi connectivity index (χ3n) is 8.10. The van der Waals surface area contributed by atoms with E-state index < -0.39 is 0 Å². The van der Waals surface area contributed by atoms with E-state index in [0.717, 1.165) is 39.1 Å². The first-order valence-corrected chi connectivity index (χ1v) is 13.6. The van der Waals surface area contributed by atoms with Gasteiger partial charge >= 0.3 is 0 Å². The minimum absolute atomic E-state index is 0.274. The summed E-state index contributed by atoms with van der Waals surface area (Å²) in [4.78, 5) is 0. The van der Waals surface area contributed by atoms with Crippen molar-refractivity contribution < 1.29 is 9.47 Å². The van der Waals surface area contributed by atoms with Gasteiger partial charge in [0.15, 0.2) is 0 Å². The molecule has 4 aliphatic heterocycles. The Balaban J connectivity index is 0.000000142. The molecule has 2 aromatic carbocycles. The lowest BCUT2D eigenvalue weighted by molar-refractivity contribution is 0.0329. The Bertz CT molecular complexity index is 869. The molecular weight excluding hydrogens is 420 g/mol. The van der Waals surface area contributed by atoms with Crippen molar-refractivity contribution in [3.63, 3.8) is 0 Å². The molecule has 0 unspecified atom stereocenters. The van der Waals surface area contributed by atoms with E-state index in [0.29, 0.717) is 12.1 Å². The maximum Gasteiger partial charge on any atom is 0.0982 e. The van der Waals surface area contributed by atoms with Crippen LogP contribution in [-0.4, -0.2) is 38.4 Å². The van der Waals surface area contributed by atoms with Crippen LogP contribution in [0.15, 0.2) is 36.4 Å². The van der Waals surface area contributed by atoms with E-state index in [-0.39, 0.29) is 12.2 Å². The predicted molar refractivity (Wildman–Crippen MR) is 138 cm³/mol. The fourth-order valence-electron chi connectivity index (χ4n) is 6.42. The second-order valence-electron chi connectivity index (χ2n) is 10.5. The van der Waals surface area contributed by atoms with E-state index in [1.807, 2.05) is 0 Å². The second-order valence-corrected chi connectivity index (χ2v) is 10.5. The van der Waals surface area contributed by atoms with E-state index in [4.69, 9.17) is 9.47 Å². The molecule has 0 aliphatic carbocycles. The summed E-state index contributed by atoms with van der Waals surface area (Å²) in [6.07, 6.45) is 10.3. The van der Waals surface area contributed by atoms with Gasteiger partial charge in [0.1, 0.15) is 0 Å². The molecule has 4 aliphatic rings. The lowest BCUT2D eigenvalue weighted by Crippen LogP contribution is -2.31. The first-order chi connectivity index (χ1) is 16.7. The molecule has 2 saturated heterocycles. The molecule has 0 aromatic heterocycles. The molecule has 0 spiro atoms. The van der Waals surface area contributed by atoms with E-state index in [1.54, 1.807) is 0 Å². The smallest absolute Gasteiger partial charge is 0.0982 e. The maximum atomic E-state index is 6.13. The normalized spacial score (nSPS) is 28.8. The van der Waals surface area contributed by atoms with Crippen LogP contribution in [0.2, 0.25) is 0 Å². The highest BCUT2D eigenvalue weighted by Crippen LogP contribution is 2.35. The number of nitrogens with one attached hydrogen (secondary N) is 2. The standard InChI is InChI=1S/2C15H21NO/c2*1-11-5-2-6-12-7-4-10-17-15(14(11)12)13-8-3-9-16-13/h2*2,5-6,13,15-16H,3-4,7-10H2,1H3/t13-,15+;13-,15-/m00/s1. The van der Waals surface area contributed by atoms with E-state index in [2.05, 4.69) is 60.9 Å². The average Bonchev–Trinajstić information content (AvgIpc) is 3.48. The molecular formula is C30H42N2O2. The van der Waals surface area contributed by atoms with Crippen LogP contribution in [0.5, 0.6) is 0 Å². The van der Waals surface area contributed by atoms with Gasteiger partial charge in [0.2, 0.25) is 0 Å². The van der Waals surface area contributed by atoms with Gasteiger partial charge < -0.3 is 20.1 Å². The van der Waals surface area contributed by atoms with Crippen molar-refractivity contribution in [2.75, 3.05) is 26.3 Å². The number of hydrogen-bond donors (Lipinski definition) is 2. The number of fused-ring (bicyclic) bond motifs is 2. The Hall–Kier alpha value is -1.72. The zero-order chi connectivity index (χ0) is 23.3. The first-order valence-electron chi connectivity index (χ1n) is 13.6. The van der Waals surface area contributed by atoms with E-state index in [9.17, 15) is 0 Å². The summed E-state index contributed by atoms with van der Waals surface area (Å²) in [5.41, 5.74) is 8.71. The largest absolute Gasteiger partial charge is 0.372 e. The minimum atomic E-state index is 0.274. The van der Waals surface area contributed by atoms with Crippen molar-refractivity contribution in [2.45, 2.75) is 89.5 Å². The zero-order valence-electron chi connectivity index (χ0n) is 21.1. The number of ether oxygens (including phenoxy) is 2. The van der Waals surface area contributed by atoms with Crippen molar-refractivity contribution in [1.82, 2.24) is 10.6 Å². The summed E-state index contributed by atoms with van der Waals surface area (Å²) in [5, 5.41) is 7.19. The lowest BCUT2D eigenvalue weighted by atomic mass is 9.91. The van der Waals surface area contributed by atoms with Crippen LogP contribution >= 0.6 is 0 Å². The molecule has 184 valence electrons. The Morgan fingerprint density at radius 3 is 1.53 bits per heavy atom. The quantitative estimate of drug-likeness (QED) is 0.618. The summed E-state index contributed by atoms with van der Waals surface area (Å²) < 4.78 is 12.3. The van der Waals surface area contributed by atoms with Gasteiger partial charge in [-0.05, 0) is 112 Å². The Morgan fingerprint density at radius 2 is 1.12 bits per heavy atom. The molecule has 0 amide bonds. The third kappa shape index (κ3) is 5.26. The fourth-order valence-corrected chi connectivity index (χ4v) is 6.42. The Morgan fingerprint density at radius 1 is 0.647 bits per heavy atom. The molecule has 4 heteroatoms. The fraction of sp³-hybridized carbons (Fsp3) is 0.600. The van der Waals surface area contributed by atoms with Gasteiger partial charge in [-0.2, -0.15) is 0 Å². The van der Waals surface area contributed by atoms with Crippen molar-refractivity contribution in [3.05, 3.63) is 69.8 Å². The molecule has 4 atom stereocenters. The Kier molecular flexibility index (Phi) is 8.01. The van der Waals surface area contributed by atoms with Crippen molar-refractivity contribution in [3.8, 4) is 0 Å². The van der Waals surface area contributed by atoms with Gasteiger partial charge in [0.05, 0.1) is 12.2 Å². The molecule has 2 fully saturated rings. The lowest BCUT2D eigenvalue weighted by Gasteiger charge is -2.26. The van der Waals surface area contributed by atoms with Crippen molar-refractivity contribution in [2.24, 2.45) is 0 Å². The molecule has 34 heavy (non-hydrogen) atoms. The molecule has 2 aromatic rings. The van der Waals surface area contributed by atoms with Gasteiger partial charge in [-0.15, -0.1) is 0 Å². The predicted octanol–water partition coefficient (Wildman–Crippen LogP) is 5.50. The summed E-state index contributed by atoms with van der Waals surface area (Å²) in [5.74, 6) is 0. The molecule has 0 bridgehead atoms. The minimum Gasteiger partial charge on any atom is -0.372 e. The number of aryl methyl sites for hydroxylation is 4. The Labute approximate surface area is 205 Å². The van der Waals surface area contributed by atoms with E-state index in [1.165, 1.54) is 71.9 Å². The van der Waals surface area contributed by atoms with Gasteiger partial charge in [-0.3, -0.25) is 0 Å². The monoisotopic (exact) mass is 462 g/mol. The SMILES string of the molecule is Cc1cccc2c1[C@@H]([C@@H]1CCCN1)OCCC2.Cc1cccc2c1[C@H]([C@@H]1CCCN1)OCCC2. The highest BCUT2D eigenvalue weighted by atomic mass is 16.5. The van der Waals surface area contributed by atoms with Crippen molar-refractivity contribution >= 4 is 0 Å². The molecule has 6 rings (SSSR count). The topological polar surface area (TPSA) is 42.5 Å². The van der Waals surface area contributed by atoms with Gasteiger partial charge in [-0.25, -0.2) is 0 Å². The van der Waals surface area contributed by atoms with Crippen LogP contribution in [0.1, 0.15) is 84.1 Å². The number of hydrogen-bond acceptors (Lipinski definition) is 4. The molecule has 2 N–H and O–H groups in total. The zero-order valence-corrected chi connectivity index (χ0v) is 21.1. The maximum absolute atomic E-state index is 6.13. The van der Waals surface area contributed by atoms with Gasteiger partial charge in [-0.1, -0.05) is 36.4 Å². The van der Waals surface area contributed by atoms with Crippen LogP contribution in [-0.2, 0) is 22.3 Å².